The highest BCUT2D eigenvalue weighted by molar-refractivity contribution is 5.99. The number of hydrogen-bond donors (Lipinski definition) is 2. The molecular weight excluding hydrogens is 276 g/mol. The monoisotopic (exact) mass is 294 g/mol. The van der Waals surface area contributed by atoms with Crippen LogP contribution in [-0.2, 0) is 28.9 Å². The van der Waals surface area contributed by atoms with E-state index in [4.69, 9.17) is 0 Å². The van der Waals surface area contributed by atoms with E-state index in [0.717, 1.165) is 23.2 Å². The second kappa shape index (κ2) is 6.43. The summed E-state index contributed by atoms with van der Waals surface area (Å²) in [5.41, 5.74) is 3.98. The SMILES string of the molecule is O=C(Cc1ccc2c(c1)CC(=O)N2)NCCc1ccccc1. The van der Waals surface area contributed by atoms with Crippen LogP contribution in [-0.4, -0.2) is 18.4 Å². The van der Waals surface area contributed by atoms with Crippen molar-refractivity contribution in [2.24, 2.45) is 0 Å². The molecule has 0 unspecified atom stereocenters. The van der Waals surface area contributed by atoms with E-state index in [9.17, 15) is 9.59 Å². The van der Waals surface area contributed by atoms with Crippen molar-refractivity contribution in [1.82, 2.24) is 5.32 Å². The molecule has 0 bridgehead atoms. The first kappa shape index (κ1) is 14.3. The molecular formula is C18H18N2O2. The Morgan fingerprint density at radius 1 is 1.09 bits per heavy atom. The molecule has 0 spiro atoms. The second-order valence-corrected chi connectivity index (χ2v) is 5.48. The van der Waals surface area contributed by atoms with E-state index < -0.39 is 0 Å². The summed E-state index contributed by atoms with van der Waals surface area (Å²) >= 11 is 0. The van der Waals surface area contributed by atoms with Crippen molar-refractivity contribution in [2.45, 2.75) is 19.3 Å². The Bertz CT molecular complexity index is 695. The fourth-order valence-corrected chi connectivity index (χ4v) is 2.63. The molecule has 1 aliphatic rings. The number of amides is 2. The van der Waals surface area contributed by atoms with E-state index in [1.165, 1.54) is 5.56 Å². The molecule has 112 valence electrons. The fraction of sp³-hybridized carbons (Fsp3) is 0.222. The predicted molar refractivity (Wildman–Crippen MR) is 85.6 cm³/mol. The Kier molecular flexibility index (Phi) is 4.19. The van der Waals surface area contributed by atoms with Crippen molar-refractivity contribution in [3.8, 4) is 0 Å². The van der Waals surface area contributed by atoms with Gasteiger partial charge in [-0.15, -0.1) is 0 Å². The third-order valence-electron chi connectivity index (χ3n) is 3.74. The highest BCUT2D eigenvalue weighted by Crippen LogP contribution is 2.23. The summed E-state index contributed by atoms with van der Waals surface area (Å²) in [5.74, 6) is 0.0210. The molecule has 0 saturated carbocycles. The molecule has 4 nitrogen and oxygen atoms in total. The molecule has 0 aliphatic carbocycles. The van der Waals surface area contributed by atoms with Crippen LogP contribution >= 0.6 is 0 Å². The van der Waals surface area contributed by atoms with Crippen LogP contribution < -0.4 is 10.6 Å². The summed E-state index contributed by atoms with van der Waals surface area (Å²) in [6.45, 7) is 0.633. The number of hydrogen-bond acceptors (Lipinski definition) is 2. The lowest BCUT2D eigenvalue weighted by molar-refractivity contribution is -0.120. The van der Waals surface area contributed by atoms with Crippen molar-refractivity contribution in [2.75, 3.05) is 11.9 Å². The number of fused-ring (bicyclic) bond motifs is 1. The van der Waals surface area contributed by atoms with Gasteiger partial charge < -0.3 is 10.6 Å². The first-order chi connectivity index (χ1) is 10.7. The van der Waals surface area contributed by atoms with Crippen molar-refractivity contribution in [1.29, 1.82) is 0 Å². The number of nitrogens with one attached hydrogen (secondary N) is 2. The third kappa shape index (κ3) is 3.52. The zero-order valence-corrected chi connectivity index (χ0v) is 12.3. The molecule has 1 aliphatic heterocycles. The van der Waals surface area contributed by atoms with Crippen LogP contribution in [0.5, 0.6) is 0 Å². The zero-order chi connectivity index (χ0) is 15.4. The minimum atomic E-state index is 0.00756. The van der Waals surface area contributed by atoms with Crippen molar-refractivity contribution >= 4 is 17.5 Å². The van der Waals surface area contributed by atoms with Gasteiger partial charge in [0.1, 0.15) is 0 Å². The van der Waals surface area contributed by atoms with Crippen LogP contribution in [0.15, 0.2) is 48.5 Å². The van der Waals surface area contributed by atoms with E-state index >= 15 is 0 Å². The molecule has 0 saturated heterocycles. The minimum absolute atomic E-state index is 0.00756. The van der Waals surface area contributed by atoms with Crippen molar-refractivity contribution in [3.63, 3.8) is 0 Å². The van der Waals surface area contributed by atoms with Gasteiger partial charge in [-0.05, 0) is 29.2 Å². The second-order valence-electron chi connectivity index (χ2n) is 5.48. The van der Waals surface area contributed by atoms with Gasteiger partial charge in [0.25, 0.3) is 0 Å². The number of carbonyl (C=O) groups is 2. The molecule has 0 fully saturated rings. The molecule has 0 aromatic heterocycles. The number of benzene rings is 2. The normalized spacial score (nSPS) is 12.6. The topological polar surface area (TPSA) is 58.2 Å². The third-order valence-corrected chi connectivity index (χ3v) is 3.74. The van der Waals surface area contributed by atoms with Crippen LogP contribution in [0.1, 0.15) is 16.7 Å². The van der Waals surface area contributed by atoms with Gasteiger partial charge in [0.2, 0.25) is 11.8 Å². The fourth-order valence-electron chi connectivity index (χ4n) is 2.63. The number of rotatable bonds is 5. The lowest BCUT2D eigenvalue weighted by Crippen LogP contribution is -2.27. The average Bonchev–Trinajstić information content (AvgIpc) is 2.87. The summed E-state index contributed by atoms with van der Waals surface area (Å²) in [5, 5.41) is 5.73. The van der Waals surface area contributed by atoms with Crippen molar-refractivity contribution in [3.05, 3.63) is 65.2 Å². The molecule has 1 heterocycles. The Morgan fingerprint density at radius 3 is 2.73 bits per heavy atom. The van der Waals surface area contributed by atoms with E-state index in [1.54, 1.807) is 0 Å². The molecule has 3 rings (SSSR count). The number of anilines is 1. The maximum atomic E-state index is 12.0. The van der Waals surface area contributed by atoms with Crippen LogP contribution in [0, 0.1) is 0 Å². The van der Waals surface area contributed by atoms with Gasteiger partial charge in [-0.3, -0.25) is 9.59 Å². The smallest absolute Gasteiger partial charge is 0.228 e. The summed E-state index contributed by atoms with van der Waals surface area (Å²) in [6.07, 6.45) is 1.57. The largest absolute Gasteiger partial charge is 0.355 e. The lowest BCUT2D eigenvalue weighted by atomic mass is 10.1. The Hall–Kier alpha value is -2.62. The van der Waals surface area contributed by atoms with Crippen LogP contribution in [0.2, 0.25) is 0 Å². The van der Waals surface area contributed by atoms with E-state index in [-0.39, 0.29) is 11.8 Å². The highest BCUT2D eigenvalue weighted by Gasteiger charge is 2.17. The van der Waals surface area contributed by atoms with Gasteiger partial charge in [-0.1, -0.05) is 42.5 Å². The molecule has 22 heavy (non-hydrogen) atoms. The highest BCUT2D eigenvalue weighted by atomic mass is 16.2. The van der Waals surface area contributed by atoms with Gasteiger partial charge in [-0.2, -0.15) is 0 Å². The van der Waals surface area contributed by atoms with Gasteiger partial charge in [0.05, 0.1) is 12.8 Å². The first-order valence-corrected chi connectivity index (χ1v) is 7.43. The molecule has 4 heteroatoms. The molecule has 0 radical (unpaired) electrons. The summed E-state index contributed by atoms with van der Waals surface area (Å²) < 4.78 is 0. The summed E-state index contributed by atoms with van der Waals surface area (Å²) in [4.78, 5) is 23.3. The molecule has 2 N–H and O–H groups in total. The van der Waals surface area contributed by atoms with Gasteiger partial charge >= 0.3 is 0 Å². The van der Waals surface area contributed by atoms with Crippen LogP contribution in [0.4, 0.5) is 5.69 Å². The van der Waals surface area contributed by atoms with Gasteiger partial charge in [0.15, 0.2) is 0 Å². The zero-order valence-electron chi connectivity index (χ0n) is 12.3. The maximum absolute atomic E-state index is 12.0. The lowest BCUT2D eigenvalue weighted by Gasteiger charge is -2.07. The van der Waals surface area contributed by atoms with E-state index in [2.05, 4.69) is 22.8 Å². The molecule has 2 aromatic rings. The van der Waals surface area contributed by atoms with Gasteiger partial charge in [0, 0.05) is 12.2 Å². The quantitative estimate of drug-likeness (QED) is 0.887. The van der Waals surface area contributed by atoms with Gasteiger partial charge in [-0.25, -0.2) is 0 Å². The standard InChI is InChI=1S/C18H18N2O2/c21-17(19-9-8-13-4-2-1-3-5-13)11-14-6-7-16-15(10-14)12-18(22)20-16/h1-7,10H,8-9,11-12H2,(H,19,21)(H,20,22). The first-order valence-electron chi connectivity index (χ1n) is 7.43. The average molecular weight is 294 g/mol. The van der Waals surface area contributed by atoms with E-state index in [1.807, 2.05) is 36.4 Å². The molecule has 2 aromatic carbocycles. The van der Waals surface area contributed by atoms with Crippen molar-refractivity contribution < 1.29 is 9.59 Å². The van der Waals surface area contributed by atoms with Crippen LogP contribution in [0.25, 0.3) is 0 Å². The molecule has 0 atom stereocenters. The maximum Gasteiger partial charge on any atom is 0.228 e. The van der Waals surface area contributed by atoms with Crippen LogP contribution in [0.3, 0.4) is 0 Å². The van der Waals surface area contributed by atoms with E-state index in [0.29, 0.717) is 19.4 Å². The minimum Gasteiger partial charge on any atom is -0.355 e. The molecule has 2 amide bonds. The Balaban J connectivity index is 1.50. The Morgan fingerprint density at radius 2 is 1.91 bits per heavy atom. The Labute approximate surface area is 129 Å². The summed E-state index contributed by atoms with van der Waals surface area (Å²) in [7, 11) is 0. The predicted octanol–water partition coefficient (Wildman–Crippen LogP) is 2.08. The number of carbonyl (C=O) groups excluding carboxylic acids is 2. The summed E-state index contributed by atoms with van der Waals surface area (Å²) in [6, 6.07) is 15.8.